The van der Waals surface area contributed by atoms with Gasteiger partial charge in [-0.2, -0.15) is 23.5 Å². The van der Waals surface area contributed by atoms with Gasteiger partial charge in [-0.05, 0) is 86.4 Å². The molecule has 0 bridgehead atoms. The second-order valence-electron chi connectivity index (χ2n) is 10.2. The molecule has 0 saturated carbocycles. The molecule has 5 heterocycles. The number of alkyl halides is 4. The Morgan fingerprint density at radius 1 is 0.796 bits per heavy atom. The highest BCUT2D eigenvalue weighted by molar-refractivity contribution is 9.09. The minimum atomic E-state index is 0. The first kappa shape index (κ1) is 47.5. The molecule has 13 heteroatoms. The Hall–Kier alpha value is -1.53. The Labute approximate surface area is 332 Å². The van der Waals surface area contributed by atoms with E-state index in [4.69, 9.17) is 45.9 Å². The van der Waals surface area contributed by atoms with E-state index in [1.165, 1.54) is 35.1 Å². The van der Waals surface area contributed by atoms with Crippen LogP contribution in [0.5, 0.6) is 0 Å². The smallest absolute Gasteiger partial charge is 0.151 e. The predicted molar refractivity (Wildman–Crippen MR) is 229 cm³/mol. The van der Waals surface area contributed by atoms with Gasteiger partial charge in [-0.3, -0.25) is 25.3 Å². The number of nitrogens with one attached hydrogen (secondary N) is 1. The van der Waals surface area contributed by atoms with Crippen molar-refractivity contribution in [1.82, 2.24) is 19.9 Å². The molecule has 49 heavy (non-hydrogen) atoms. The monoisotopic (exact) mass is 848 g/mol. The average Bonchev–Trinajstić information content (AvgIpc) is 3.07. The number of hydrogen-bond acceptors (Lipinski definition) is 8. The Morgan fingerprint density at radius 3 is 1.57 bits per heavy atom. The molecule has 1 unspecified atom stereocenters. The third kappa shape index (κ3) is 24.3. The molecule has 1 aliphatic heterocycles. The van der Waals surface area contributed by atoms with Crippen LogP contribution in [0.15, 0.2) is 73.3 Å². The Bertz CT molecular complexity index is 1390. The molecule has 0 aliphatic carbocycles. The van der Waals surface area contributed by atoms with Gasteiger partial charge < -0.3 is 5.73 Å². The molecule has 3 N–H and O–H groups in total. The Balaban J connectivity index is 0. The van der Waals surface area contributed by atoms with Crippen LogP contribution in [-0.2, 0) is 17.4 Å². The van der Waals surface area contributed by atoms with Crippen LogP contribution >= 0.6 is 86.0 Å². The topological polar surface area (TPSA) is 101 Å². The van der Waals surface area contributed by atoms with Gasteiger partial charge in [0.25, 0.3) is 0 Å². The van der Waals surface area contributed by atoms with Crippen LogP contribution in [0.1, 0.15) is 65.6 Å². The third-order valence-electron chi connectivity index (χ3n) is 6.03. The highest BCUT2D eigenvalue weighted by Crippen LogP contribution is 2.41. The molecule has 1 saturated heterocycles. The zero-order valence-electron chi connectivity index (χ0n) is 28.0. The molecule has 5 rings (SSSR count). The number of nitrogens with zero attached hydrogens (tertiary/aromatic N) is 4. The average molecular weight is 851 g/mol. The summed E-state index contributed by atoms with van der Waals surface area (Å²) in [5.41, 5.74) is 14.3. The normalized spacial score (nSPS) is 12.4. The molecule has 1 aliphatic rings. The lowest BCUT2D eigenvalue weighted by Gasteiger charge is -2.24. The van der Waals surface area contributed by atoms with E-state index in [1.807, 2.05) is 100 Å². The summed E-state index contributed by atoms with van der Waals surface area (Å²) in [5, 5.41) is 8.79. The number of nitrogens with two attached hydrogens (primary N) is 1. The summed E-state index contributed by atoms with van der Waals surface area (Å²) < 4.78 is 0. The fraction of sp³-hybridized carbons (Fsp3) is 0.417. The first-order valence-corrected chi connectivity index (χ1v) is 21.1. The molecule has 0 aromatic carbocycles. The van der Waals surface area contributed by atoms with Gasteiger partial charge in [-0.25, -0.2) is 0 Å². The zero-order valence-corrected chi connectivity index (χ0v) is 34.3. The van der Waals surface area contributed by atoms with Crippen LogP contribution in [-0.4, -0.2) is 53.7 Å². The van der Waals surface area contributed by atoms with E-state index >= 15 is 0 Å². The van der Waals surface area contributed by atoms with E-state index in [0.29, 0.717) is 11.8 Å². The van der Waals surface area contributed by atoms with E-state index in [2.05, 4.69) is 54.1 Å². The van der Waals surface area contributed by atoms with Crippen LogP contribution < -0.4 is 5.73 Å². The van der Waals surface area contributed by atoms with Gasteiger partial charge in [0, 0.05) is 94.5 Å². The second kappa shape index (κ2) is 30.1. The maximum atomic E-state index is 7.01. The highest BCUT2D eigenvalue weighted by atomic mass is 79.9. The van der Waals surface area contributed by atoms with Crippen molar-refractivity contribution in [2.75, 3.05) is 28.6 Å². The standard InChI is InChI=1S/C9H12ClNS.C9H11NS.C8H11N3S.C7H8ClN.C2H4BrCl.CH4.H2/c1-8-2-3-9(6-11-8)7-12-5-4-10;1-7-2-3-8(6-10-7)9-4-5-11-9;1-6-2-3-7(4-11-6)5-12-8(9)10;1-6-2-3-7(4-8)5-9-6;3-1-2-4;;/h2-3,6H,4-5,7H2,1H3;2-3,6,9H,4-5H2,1H3;2-4H,5H2,1H3,(H3,9,10);2-3,5H,4H2,1H3;1-2H2;1H4;1H. The van der Waals surface area contributed by atoms with Crippen LogP contribution in [0.3, 0.4) is 0 Å². The quantitative estimate of drug-likeness (QED) is 0.0743. The van der Waals surface area contributed by atoms with Gasteiger partial charge in [0.05, 0.1) is 0 Å². The minimum Gasteiger partial charge on any atom is -0.379 e. The van der Waals surface area contributed by atoms with Gasteiger partial charge >= 0.3 is 0 Å². The maximum absolute atomic E-state index is 7.01. The number of pyridine rings is 4. The molecule has 272 valence electrons. The molecule has 0 spiro atoms. The number of thioether (sulfide) groups is 3. The van der Waals surface area contributed by atoms with E-state index < -0.39 is 0 Å². The SMILES string of the molecule is C.Cc1ccc(C2CCS2)cn1.Cc1ccc(CCl)cn1.Cc1ccc(CSC(=N)N)cn1.Cc1ccc(CSCCCl)cn1.ClCCBr.[HH]. The largest absolute Gasteiger partial charge is 0.379 e. The third-order valence-corrected chi connectivity index (χ3v) is 11.0. The zero-order chi connectivity index (χ0) is 35.6. The highest BCUT2D eigenvalue weighted by Gasteiger charge is 2.19. The summed E-state index contributed by atoms with van der Waals surface area (Å²) in [6.45, 7) is 7.92. The summed E-state index contributed by atoms with van der Waals surface area (Å²) in [5.74, 6) is 6.05. The molecular weight excluding hydrogens is 799 g/mol. The van der Waals surface area contributed by atoms with Crippen molar-refractivity contribution in [3.63, 3.8) is 0 Å². The van der Waals surface area contributed by atoms with Crippen LogP contribution in [0.2, 0.25) is 0 Å². The van der Waals surface area contributed by atoms with E-state index in [9.17, 15) is 0 Å². The second-order valence-corrected chi connectivity index (χ2v) is 15.5. The van der Waals surface area contributed by atoms with E-state index in [-0.39, 0.29) is 14.0 Å². The van der Waals surface area contributed by atoms with Gasteiger partial charge in [0.15, 0.2) is 5.17 Å². The van der Waals surface area contributed by atoms with Crippen molar-refractivity contribution in [2.24, 2.45) is 5.73 Å². The first-order chi connectivity index (χ1) is 23.1. The van der Waals surface area contributed by atoms with Crippen molar-refractivity contribution >= 4 is 91.2 Å². The predicted octanol–water partition coefficient (Wildman–Crippen LogP) is 11.6. The van der Waals surface area contributed by atoms with Crippen molar-refractivity contribution in [1.29, 1.82) is 5.41 Å². The van der Waals surface area contributed by atoms with Gasteiger partial charge in [0.2, 0.25) is 0 Å². The molecule has 1 fully saturated rings. The van der Waals surface area contributed by atoms with Crippen LogP contribution in [0.4, 0.5) is 0 Å². The maximum Gasteiger partial charge on any atom is 0.151 e. The van der Waals surface area contributed by atoms with Crippen molar-refractivity contribution in [2.45, 2.75) is 64.2 Å². The molecule has 1 atom stereocenters. The van der Waals surface area contributed by atoms with Crippen molar-refractivity contribution < 1.29 is 1.43 Å². The molecule has 0 amide bonds. The minimum absolute atomic E-state index is 0. The summed E-state index contributed by atoms with van der Waals surface area (Å²) >= 11 is 24.5. The van der Waals surface area contributed by atoms with Crippen molar-refractivity contribution in [3.8, 4) is 0 Å². The first-order valence-electron chi connectivity index (χ1n) is 15.2. The Morgan fingerprint density at radius 2 is 1.24 bits per heavy atom. The molecule has 4 aromatic rings. The van der Waals surface area contributed by atoms with E-state index in [0.717, 1.165) is 67.6 Å². The lowest BCUT2D eigenvalue weighted by Crippen LogP contribution is -2.06. The number of aryl methyl sites for hydroxylation is 4. The van der Waals surface area contributed by atoms with Gasteiger partial charge in [0.1, 0.15) is 0 Å². The lowest BCUT2D eigenvalue weighted by atomic mass is 10.1. The van der Waals surface area contributed by atoms with Gasteiger partial charge in [-0.1, -0.05) is 59.4 Å². The van der Waals surface area contributed by atoms with Crippen molar-refractivity contribution in [3.05, 3.63) is 118 Å². The van der Waals surface area contributed by atoms with Crippen LogP contribution in [0.25, 0.3) is 0 Å². The molecule has 0 radical (unpaired) electrons. The Kier molecular flexibility index (Phi) is 29.2. The van der Waals surface area contributed by atoms with E-state index in [1.54, 1.807) is 6.20 Å². The van der Waals surface area contributed by atoms with Gasteiger partial charge in [-0.15, -0.1) is 34.8 Å². The lowest BCUT2D eigenvalue weighted by molar-refractivity contribution is 0.841. The number of rotatable bonds is 9. The summed E-state index contributed by atoms with van der Waals surface area (Å²) in [6, 6.07) is 16.3. The summed E-state index contributed by atoms with van der Waals surface area (Å²) in [4.78, 5) is 16.7. The number of amidine groups is 1. The number of halogens is 4. The molecular formula is C36H52BrCl3N6S3. The van der Waals surface area contributed by atoms with Crippen LogP contribution in [0, 0.1) is 33.1 Å². The summed E-state index contributed by atoms with van der Waals surface area (Å²) in [7, 11) is 0. The molecule has 6 nitrogen and oxygen atoms in total. The molecule has 4 aromatic heterocycles. The fourth-order valence-electron chi connectivity index (χ4n) is 3.32. The number of hydrogen-bond donors (Lipinski definition) is 2. The fourth-order valence-corrected chi connectivity index (χ4v) is 5.76. The number of aromatic nitrogens is 4. The summed E-state index contributed by atoms with van der Waals surface area (Å²) in [6.07, 6.45) is 8.87.